The van der Waals surface area contributed by atoms with Crippen LogP contribution in [-0.2, 0) is 11.8 Å². The highest BCUT2D eigenvalue weighted by Gasteiger charge is 2.15. The van der Waals surface area contributed by atoms with E-state index in [2.05, 4.69) is 25.6 Å². The number of benzene rings is 2. The first-order valence-electron chi connectivity index (χ1n) is 9.05. The number of halogens is 1. The first-order valence-corrected chi connectivity index (χ1v) is 10.4. The molecule has 0 aliphatic rings. The highest BCUT2D eigenvalue weighted by molar-refractivity contribution is 7.99. The number of nitrogens with one attached hydrogen (secondary N) is 1. The van der Waals surface area contributed by atoms with Gasteiger partial charge in [-0.2, -0.15) is 5.10 Å². The van der Waals surface area contributed by atoms with Crippen molar-refractivity contribution in [2.45, 2.75) is 12.1 Å². The first-order chi connectivity index (χ1) is 14.5. The van der Waals surface area contributed by atoms with E-state index in [1.807, 2.05) is 42.8 Å². The van der Waals surface area contributed by atoms with Crippen LogP contribution >= 0.6 is 23.4 Å². The van der Waals surface area contributed by atoms with E-state index in [0.29, 0.717) is 21.6 Å². The summed E-state index contributed by atoms with van der Waals surface area (Å²) in [5, 5.41) is 16.7. The van der Waals surface area contributed by atoms with Crippen molar-refractivity contribution in [3.05, 3.63) is 65.7 Å². The van der Waals surface area contributed by atoms with E-state index in [1.165, 1.54) is 18.1 Å². The van der Waals surface area contributed by atoms with Crippen molar-refractivity contribution in [2.24, 2.45) is 7.05 Å². The number of amides is 1. The molecule has 0 aliphatic heterocycles. The maximum absolute atomic E-state index is 12.6. The summed E-state index contributed by atoms with van der Waals surface area (Å²) in [5.41, 5.74) is 3.36. The molecule has 4 rings (SSSR count). The van der Waals surface area contributed by atoms with Crippen LogP contribution in [-0.4, -0.2) is 41.2 Å². The highest BCUT2D eigenvalue weighted by atomic mass is 35.5. The molecule has 2 aromatic carbocycles. The maximum Gasteiger partial charge on any atom is 0.234 e. The van der Waals surface area contributed by atoms with Gasteiger partial charge in [-0.25, -0.2) is 9.67 Å². The summed E-state index contributed by atoms with van der Waals surface area (Å²) in [6.07, 6.45) is 2.98. The van der Waals surface area contributed by atoms with E-state index in [0.717, 1.165) is 17.0 Å². The van der Waals surface area contributed by atoms with E-state index < -0.39 is 0 Å². The summed E-state index contributed by atoms with van der Waals surface area (Å²) in [5.74, 6) is 0.742. The van der Waals surface area contributed by atoms with Crippen LogP contribution in [0.1, 0.15) is 5.56 Å². The van der Waals surface area contributed by atoms with Crippen LogP contribution in [0.25, 0.3) is 17.1 Å². The van der Waals surface area contributed by atoms with Gasteiger partial charge in [0.05, 0.1) is 17.1 Å². The third-order valence-corrected chi connectivity index (χ3v) is 5.71. The largest absolute Gasteiger partial charge is 0.323 e. The molecule has 10 heteroatoms. The number of carbonyl (C=O) groups excluding carboxylic acids is 1. The highest BCUT2D eigenvalue weighted by Crippen LogP contribution is 2.26. The minimum absolute atomic E-state index is 0.170. The number of hydrogen-bond donors (Lipinski definition) is 1. The van der Waals surface area contributed by atoms with Crippen LogP contribution in [0, 0.1) is 6.92 Å². The second-order valence-electron chi connectivity index (χ2n) is 6.52. The average Bonchev–Trinajstić information content (AvgIpc) is 3.37. The molecular weight excluding hydrogens is 422 g/mol. The molecule has 8 nitrogen and oxygen atoms in total. The fourth-order valence-corrected chi connectivity index (χ4v) is 3.84. The number of nitrogens with zero attached hydrogens (tertiary/aromatic N) is 6. The van der Waals surface area contributed by atoms with Gasteiger partial charge >= 0.3 is 0 Å². The Labute approximate surface area is 182 Å². The summed E-state index contributed by atoms with van der Waals surface area (Å²) in [6.45, 7) is 2.03. The van der Waals surface area contributed by atoms with Crippen molar-refractivity contribution >= 4 is 35.0 Å². The molecule has 0 unspecified atom stereocenters. The predicted molar refractivity (Wildman–Crippen MR) is 117 cm³/mol. The fraction of sp³-hybridized carbons (Fsp3) is 0.150. The van der Waals surface area contributed by atoms with Gasteiger partial charge in [-0.1, -0.05) is 47.6 Å². The Balaban J connectivity index is 1.47. The van der Waals surface area contributed by atoms with Gasteiger partial charge in [-0.15, -0.1) is 10.2 Å². The second-order valence-corrected chi connectivity index (χ2v) is 7.90. The predicted octanol–water partition coefficient (Wildman–Crippen LogP) is 3.76. The molecule has 0 radical (unpaired) electrons. The van der Waals surface area contributed by atoms with Crippen molar-refractivity contribution in [1.82, 2.24) is 29.5 Å². The summed E-state index contributed by atoms with van der Waals surface area (Å²) in [6, 6.07) is 13.2. The van der Waals surface area contributed by atoms with Gasteiger partial charge in [0, 0.05) is 17.6 Å². The van der Waals surface area contributed by atoms with Gasteiger partial charge < -0.3 is 9.88 Å². The molecule has 2 aromatic heterocycles. The molecule has 4 aromatic rings. The molecule has 0 saturated carbocycles. The molecule has 0 saturated heterocycles. The van der Waals surface area contributed by atoms with Gasteiger partial charge in [-0.05, 0) is 30.7 Å². The minimum Gasteiger partial charge on any atom is -0.323 e. The quantitative estimate of drug-likeness (QED) is 0.460. The number of aryl methyl sites for hydroxylation is 1. The van der Waals surface area contributed by atoms with Gasteiger partial charge in [0.1, 0.15) is 12.7 Å². The third-order valence-electron chi connectivity index (χ3n) is 4.45. The number of rotatable bonds is 6. The molecule has 1 amide bonds. The Hall–Kier alpha value is -3.17. The molecule has 0 aliphatic carbocycles. The lowest BCUT2D eigenvalue weighted by Crippen LogP contribution is -2.16. The monoisotopic (exact) mass is 439 g/mol. The average molecular weight is 440 g/mol. The van der Waals surface area contributed by atoms with Crippen molar-refractivity contribution in [3.63, 3.8) is 0 Å². The normalized spacial score (nSPS) is 10.9. The molecule has 1 N–H and O–H groups in total. The Morgan fingerprint density at radius 2 is 2.03 bits per heavy atom. The Morgan fingerprint density at radius 1 is 1.20 bits per heavy atom. The van der Waals surface area contributed by atoms with Crippen LogP contribution in [0.2, 0.25) is 5.02 Å². The molecule has 152 valence electrons. The molecular formula is C20H18ClN7OS. The summed E-state index contributed by atoms with van der Waals surface area (Å²) in [7, 11) is 1.89. The SMILES string of the molecule is Cc1ccccc1-c1nnc(SCC(=O)Nc2cc(Cl)ccc2-n2cncn2)n1C. The van der Waals surface area contributed by atoms with Gasteiger partial charge in [0.15, 0.2) is 11.0 Å². The van der Waals surface area contributed by atoms with Crippen LogP contribution in [0.15, 0.2) is 60.3 Å². The van der Waals surface area contributed by atoms with Gasteiger partial charge in [-0.3, -0.25) is 4.79 Å². The van der Waals surface area contributed by atoms with E-state index >= 15 is 0 Å². The lowest BCUT2D eigenvalue weighted by molar-refractivity contribution is -0.113. The molecule has 0 fully saturated rings. The van der Waals surface area contributed by atoms with Crippen molar-refractivity contribution in [1.29, 1.82) is 0 Å². The van der Waals surface area contributed by atoms with Crippen molar-refractivity contribution < 1.29 is 4.79 Å². The van der Waals surface area contributed by atoms with Crippen LogP contribution < -0.4 is 5.32 Å². The maximum atomic E-state index is 12.6. The summed E-state index contributed by atoms with van der Waals surface area (Å²) in [4.78, 5) is 16.5. The number of aromatic nitrogens is 6. The van der Waals surface area contributed by atoms with Gasteiger partial charge in [0.25, 0.3) is 0 Å². The molecule has 0 bridgehead atoms. The molecule has 0 atom stereocenters. The zero-order valence-corrected chi connectivity index (χ0v) is 17.9. The van der Waals surface area contributed by atoms with E-state index in [1.54, 1.807) is 29.2 Å². The van der Waals surface area contributed by atoms with Crippen molar-refractivity contribution in [3.8, 4) is 17.1 Å². The zero-order valence-electron chi connectivity index (χ0n) is 16.3. The zero-order chi connectivity index (χ0) is 21.1. The van der Waals surface area contributed by atoms with E-state index in [9.17, 15) is 4.79 Å². The van der Waals surface area contributed by atoms with Crippen molar-refractivity contribution in [2.75, 3.05) is 11.1 Å². The number of hydrogen-bond acceptors (Lipinski definition) is 6. The second kappa shape index (κ2) is 8.68. The first kappa shape index (κ1) is 20.1. The lowest BCUT2D eigenvalue weighted by Gasteiger charge is -2.11. The fourth-order valence-electron chi connectivity index (χ4n) is 2.96. The van der Waals surface area contributed by atoms with Crippen LogP contribution in [0.4, 0.5) is 5.69 Å². The lowest BCUT2D eigenvalue weighted by atomic mass is 10.1. The minimum atomic E-state index is -0.191. The van der Waals surface area contributed by atoms with Crippen LogP contribution in [0.5, 0.6) is 0 Å². The Morgan fingerprint density at radius 3 is 2.80 bits per heavy atom. The topological polar surface area (TPSA) is 90.5 Å². The molecule has 30 heavy (non-hydrogen) atoms. The molecule has 2 heterocycles. The molecule has 0 spiro atoms. The number of thioether (sulfide) groups is 1. The van der Waals surface area contributed by atoms with E-state index in [-0.39, 0.29) is 11.7 Å². The van der Waals surface area contributed by atoms with Crippen LogP contribution in [0.3, 0.4) is 0 Å². The van der Waals surface area contributed by atoms with Gasteiger partial charge in [0.2, 0.25) is 5.91 Å². The standard InChI is InChI=1S/C20H18ClN7OS/c1-13-5-3-4-6-15(13)19-25-26-20(27(19)2)30-10-18(29)24-16-9-14(21)7-8-17(16)28-12-22-11-23-28/h3-9,11-12H,10H2,1-2H3,(H,24,29). The smallest absolute Gasteiger partial charge is 0.234 e. The number of anilines is 1. The summed E-state index contributed by atoms with van der Waals surface area (Å²) >= 11 is 7.42. The van der Waals surface area contributed by atoms with E-state index in [4.69, 9.17) is 11.6 Å². The number of carbonyl (C=O) groups is 1. The summed E-state index contributed by atoms with van der Waals surface area (Å²) < 4.78 is 3.46. The Kier molecular flexibility index (Phi) is 5.82. The third kappa shape index (κ3) is 4.22. The Bertz CT molecular complexity index is 1190.